The fourth-order valence-electron chi connectivity index (χ4n) is 5.03. The second-order valence-electron chi connectivity index (χ2n) is 9.07. The number of carboxylic acid groups (broad SMARTS) is 1. The molecule has 0 aromatic heterocycles. The number of amides is 2. The van der Waals surface area contributed by atoms with Crippen LogP contribution in [0.3, 0.4) is 0 Å². The van der Waals surface area contributed by atoms with Gasteiger partial charge in [0.15, 0.2) is 6.54 Å². The number of piperazine rings is 3. The van der Waals surface area contributed by atoms with Crippen molar-refractivity contribution in [1.82, 2.24) is 15.1 Å². The molecule has 0 saturated carbocycles. The van der Waals surface area contributed by atoms with Crippen molar-refractivity contribution in [2.75, 3.05) is 57.3 Å². The monoisotopic (exact) mass is 542 g/mol. The predicted octanol–water partition coefficient (Wildman–Crippen LogP) is 0.635. The number of thioether (sulfide) groups is 2. The number of nitrogens with one attached hydrogen (secondary N) is 1. The van der Waals surface area contributed by atoms with E-state index >= 15 is 0 Å². The number of hydrogen-bond donors (Lipinski definition) is 1. The molecule has 6 rings (SSSR count). The Kier molecular flexibility index (Phi) is 6.82. The summed E-state index contributed by atoms with van der Waals surface area (Å²) in [5.41, 5.74) is 0.490. The lowest BCUT2D eigenvalue weighted by Gasteiger charge is -2.52. The number of nitrogens with zero attached hydrogens (tertiary/aromatic N) is 3. The van der Waals surface area contributed by atoms with Gasteiger partial charge in [0.2, 0.25) is 0 Å². The SMILES string of the molecule is O=C(C[N+]12CCN(CC1)CC2)N[C@@H]1C(=O)N2C(C(=O)[O-])=C(CSc3cc(Cl)ccc3Cl)CS[C@H]12. The van der Waals surface area contributed by atoms with Crippen LogP contribution in [0.2, 0.25) is 10.0 Å². The van der Waals surface area contributed by atoms with Crippen molar-refractivity contribution in [3.63, 3.8) is 0 Å². The molecule has 1 aromatic carbocycles. The van der Waals surface area contributed by atoms with Crippen LogP contribution >= 0.6 is 46.7 Å². The van der Waals surface area contributed by atoms with Gasteiger partial charge >= 0.3 is 0 Å². The maximum atomic E-state index is 12.9. The lowest BCUT2D eigenvalue weighted by atomic mass is 10.0. The van der Waals surface area contributed by atoms with Crippen LogP contribution in [0.5, 0.6) is 0 Å². The number of carbonyl (C=O) groups is 3. The summed E-state index contributed by atoms with van der Waals surface area (Å²) in [6, 6.07) is 4.38. The number of halogens is 2. The first-order valence-corrected chi connectivity index (χ1v) is 13.9. The van der Waals surface area contributed by atoms with Gasteiger partial charge in [-0.25, -0.2) is 0 Å². The van der Waals surface area contributed by atoms with E-state index in [1.54, 1.807) is 18.2 Å². The van der Waals surface area contributed by atoms with Crippen molar-refractivity contribution in [2.24, 2.45) is 0 Å². The molecule has 0 aliphatic carbocycles. The molecule has 34 heavy (non-hydrogen) atoms. The van der Waals surface area contributed by atoms with Crippen LogP contribution < -0.4 is 10.4 Å². The zero-order chi connectivity index (χ0) is 24.0. The standard InChI is InChI=1S/C22H24Cl2N4O4S2/c23-14-1-2-15(24)16(9-14)33-11-13-12-34-21-18(20(30)27(21)19(13)22(31)32)25-17(29)10-28-6-3-26(4-7-28)5-8-28/h1-2,9,18,21H,3-8,10-12H2,(H-,25,29,31,32)/t18-,21-/m1/s1. The average molecular weight is 543 g/mol. The van der Waals surface area contributed by atoms with Crippen molar-refractivity contribution < 1.29 is 24.0 Å². The summed E-state index contributed by atoms with van der Waals surface area (Å²) < 4.78 is 0.766. The van der Waals surface area contributed by atoms with E-state index in [9.17, 15) is 19.5 Å². The van der Waals surface area contributed by atoms with Crippen molar-refractivity contribution in [3.8, 4) is 0 Å². The molecule has 5 heterocycles. The highest BCUT2D eigenvalue weighted by Crippen LogP contribution is 2.42. The molecule has 0 radical (unpaired) electrons. The number of β-lactam (4-membered cyclic amide) rings is 1. The third-order valence-electron chi connectivity index (χ3n) is 7.00. The molecule has 2 atom stereocenters. The van der Waals surface area contributed by atoms with E-state index in [2.05, 4.69) is 10.2 Å². The number of aliphatic carboxylic acids is 1. The average Bonchev–Trinajstić information content (AvgIpc) is 2.83. The van der Waals surface area contributed by atoms with E-state index < -0.39 is 23.3 Å². The summed E-state index contributed by atoms with van der Waals surface area (Å²) in [6.07, 6.45) is 0. The molecular formula is C22H24Cl2N4O4S2. The highest BCUT2D eigenvalue weighted by Gasteiger charge is 2.53. The highest BCUT2D eigenvalue weighted by atomic mass is 35.5. The van der Waals surface area contributed by atoms with Crippen molar-refractivity contribution >= 4 is 64.5 Å². The number of carboxylic acids is 1. The fraction of sp³-hybridized carbons (Fsp3) is 0.500. The first-order valence-electron chi connectivity index (χ1n) is 11.1. The second kappa shape index (κ2) is 9.55. The van der Waals surface area contributed by atoms with Gasteiger partial charge in [-0.2, -0.15) is 0 Å². The molecule has 0 unspecified atom stereocenters. The fourth-order valence-corrected chi connectivity index (χ4v) is 8.01. The molecule has 4 saturated heterocycles. The summed E-state index contributed by atoms with van der Waals surface area (Å²) in [6.45, 7) is 6.22. The van der Waals surface area contributed by atoms with Crippen LogP contribution in [-0.2, 0) is 14.4 Å². The van der Waals surface area contributed by atoms with Crippen molar-refractivity contribution in [3.05, 3.63) is 39.5 Å². The molecule has 8 nitrogen and oxygen atoms in total. The minimum atomic E-state index is -1.39. The number of carbonyl (C=O) groups excluding carboxylic acids is 3. The normalized spacial score (nSPS) is 30.1. The lowest BCUT2D eigenvalue weighted by Crippen LogP contribution is -2.73. The number of benzene rings is 1. The van der Waals surface area contributed by atoms with E-state index in [1.807, 2.05) is 0 Å². The van der Waals surface area contributed by atoms with Gasteiger partial charge in [0, 0.05) is 41.1 Å². The van der Waals surface area contributed by atoms with Gasteiger partial charge in [-0.05, 0) is 23.8 Å². The Hall–Kier alpha value is -1.43. The Morgan fingerprint density at radius 3 is 2.59 bits per heavy atom. The minimum Gasteiger partial charge on any atom is -0.543 e. The number of hydrogen-bond acceptors (Lipinski definition) is 7. The van der Waals surface area contributed by atoms with Crippen LogP contribution in [0, 0.1) is 0 Å². The summed E-state index contributed by atoms with van der Waals surface area (Å²) in [5, 5.41) is 15.5. The maximum absolute atomic E-state index is 12.9. The summed E-state index contributed by atoms with van der Waals surface area (Å²) in [4.78, 5) is 42.1. The maximum Gasteiger partial charge on any atom is 0.276 e. The zero-order valence-electron chi connectivity index (χ0n) is 18.3. The van der Waals surface area contributed by atoms with Gasteiger partial charge in [0.05, 0.1) is 36.3 Å². The largest absolute Gasteiger partial charge is 0.543 e. The number of quaternary nitrogens is 1. The van der Waals surface area contributed by atoms with Crippen LogP contribution in [0.25, 0.3) is 0 Å². The number of fused-ring (bicyclic) bond motifs is 4. The van der Waals surface area contributed by atoms with Gasteiger partial charge in [-0.15, -0.1) is 23.5 Å². The Labute approximate surface area is 216 Å². The third-order valence-corrected chi connectivity index (χ3v) is 10.2. The topological polar surface area (TPSA) is 92.8 Å². The minimum absolute atomic E-state index is 0.0982. The Bertz CT molecular complexity index is 1060. The van der Waals surface area contributed by atoms with Gasteiger partial charge < -0.3 is 19.7 Å². The quantitative estimate of drug-likeness (QED) is 0.307. The molecule has 5 aliphatic heterocycles. The first kappa shape index (κ1) is 24.3. The van der Waals surface area contributed by atoms with Crippen LogP contribution in [0.4, 0.5) is 0 Å². The third kappa shape index (κ3) is 4.56. The highest BCUT2D eigenvalue weighted by molar-refractivity contribution is 8.01. The molecule has 1 N–H and O–H groups in total. The number of rotatable bonds is 7. The first-order chi connectivity index (χ1) is 16.3. The van der Waals surface area contributed by atoms with E-state index in [4.69, 9.17) is 23.2 Å². The van der Waals surface area contributed by atoms with E-state index in [0.717, 1.165) is 48.6 Å². The molecule has 2 amide bonds. The zero-order valence-corrected chi connectivity index (χ0v) is 21.4. The van der Waals surface area contributed by atoms with Gasteiger partial charge in [-0.3, -0.25) is 19.4 Å². The van der Waals surface area contributed by atoms with Crippen LogP contribution in [0.1, 0.15) is 0 Å². The molecule has 182 valence electrons. The summed E-state index contributed by atoms with van der Waals surface area (Å²) >= 11 is 15.1. The van der Waals surface area contributed by atoms with Crippen LogP contribution in [0.15, 0.2) is 34.4 Å². The smallest absolute Gasteiger partial charge is 0.276 e. The van der Waals surface area contributed by atoms with E-state index in [0.29, 0.717) is 33.7 Å². The molecule has 12 heteroatoms. The van der Waals surface area contributed by atoms with E-state index in [-0.39, 0.29) is 11.6 Å². The Balaban J connectivity index is 1.25. The Morgan fingerprint density at radius 2 is 1.91 bits per heavy atom. The van der Waals surface area contributed by atoms with Crippen molar-refractivity contribution in [2.45, 2.75) is 16.3 Å². The van der Waals surface area contributed by atoms with Crippen molar-refractivity contribution in [1.29, 1.82) is 0 Å². The van der Waals surface area contributed by atoms with Gasteiger partial charge in [0.1, 0.15) is 11.4 Å². The van der Waals surface area contributed by atoms with Crippen LogP contribution in [-0.4, -0.2) is 101 Å². The summed E-state index contributed by atoms with van der Waals surface area (Å²) in [7, 11) is 0. The predicted molar refractivity (Wildman–Crippen MR) is 130 cm³/mol. The Morgan fingerprint density at radius 1 is 1.21 bits per heavy atom. The lowest BCUT2D eigenvalue weighted by molar-refractivity contribution is -0.933. The summed E-state index contributed by atoms with van der Waals surface area (Å²) in [5.74, 6) is -1.19. The molecule has 5 aliphatic rings. The van der Waals surface area contributed by atoms with Gasteiger partial charge in [-0.1, -0.05) is 23.2 Å². The molecule has 2 bridgehead atoms. The van der Waals surface area contributed by atoms with E-state index in [1.165, 1.54) is 28.4 Å². The molecule has 1 aromatic rings. The molecular weight excluding hydrogens is 519 g/mol. The van der Waals surface area contributed by atoms with Gasteiger partial charge in [0.25, 0.3) is 11.8 Å². The molecule has 0 spiro atoms. The second-order valence-corrected chi connectivity index (χ2v) is 12.0. The molecule has 4 fully saturated rings.